The van der Waals surface area contributed by atoms with Gasteiger partial charge in [-0.25, -0.2) is 0 Å². The summed E-state index contributed by atoms with van der Waals surface area (Å²) in [6, 6.07) is 10.5. The second kappa shape index (κ2) is 6.94. The molecule has 18 heavy (non-hydrogen) atoms. The van der Waals surface area contributed by atoms with Gasteiger partial charge in [0.05, 0.1) is 6.10 Å². The van der Waals surface area contributed by atoms with Gasteiger partial charge >= 0.3 is 0 Å². The number of rotatable bonds is 7. The Bertz CT molecular complexity index is 325. The van der Waals surface area contributed by atoms with Gasteiger partial charge in [-0.1, -0.05) is 58.0 Å². The Labute approximate surface area is 112 Å². The Morgan fingerprint density at radius 1 is 1.00 bits per heavy atom. The van der Waals surface area contributed by atoms with Crippen LogP contribution in [0, 0.1) is 5.92 Å². The van der Waals surface area contributed by atoms with Crippen molar-refractivity contribution in [2.75, 3.05) is 0 Å². The summed E-state index contributed by atoms with van der Waals surface area (Å²) in [7, 11) is 0. The second-order valence-electron chi connectivity index (χ2n) is 5.72. The van der Waals surface area contributed by atoms with Crippen LogP contribution in [0.25, 0.3) is 0 Å². The SMILES string of the molecule is CCC(CC)(c1ccccc1)C(O)CCC(C)C. The molecule has 0 aliphatic heterocycles. The summed E-state index contributed by atoms with van der Waals surface area (Å²) in [5.74, 6) is 0.654. The number of hydrogen-bond acceptors (Lipinski definition) is 1. The predicted octanol–water partition coefficient (Wildman–Crippen LogP) is 4.54. The maximum absolute atomic E-state index is 10.7. The summed E-state index contributed by atoms with van der Waals surface area (Å²) >= 11 is 0. The van der Waals surface area contributed by atoms with Crippen molar-refractivity contribution >= 4 is 0 Å². The van der Waals surface area contributed by atoms with Crippen LogP contribution in [-0.4, -0.2) is 11.2 Å². The molecule has 102 valence electrons. The van der Waals surface area contributed by atoms with E-state index in [1.165, 1.54) is 5.56 Å². The molecule has 0 bridgehead atoms. The molecule has 0 amide bonds. The van der Waals surface area contributed by atoms with Crippen molar-refractivity contribution < 1.29 is 5.11 Å². The van der Waals surface area contributed by atoms with E-state index in [1.54, 1.807) is 0 Å². The minimum atomic E-state index is -0.239. The molecular weight excluding hydrogens is 220 g/mol. The fourth-order valence-corrected chi connectivity index (χ4v) is 2.86. The molecule has 1 heteroatoms. The molecule has 1 aromatic carbocycles. The lowest BCUT2D eigenvalue weighted by molar-refractivity contribution is 0.0608. The van der Waals surface area contributed by atoms with Crippen LogP contribution in [0.15, 0.2) is 30.3 Å². The lowest BCUT2D eigenvalue weighted by Gasteiger charge is -2.37. The van der Waals surface area contributed by atoms with Gasteiger partial charge in [-0.15, -0.1) is 0 Å². The fourth-order valence-electron chi connectivity index (χ4n) is 2.86. The molecular formula is C17H28O. The van der Waals surface area contributed by atoms with Crippen molar-refractivity contribution in [2.45, 2.75) is 64.9 Å². The fraction of sp³-hybridized carbons (Fsp3) is 0.647. The number of aliphatic hydroxyl groups excluding tert-OH is 1. The highest BCUT2D eigenvalue weighted by molar-refractivity contribution is 5.26. The molecule has 1 nitrogen and oxygen atoms in total. The molecule has 1 unspecified atom stereocenters. The van der Waals surface area contributed by atoms with Gasteiger partial charge < -0.3 is 5.11 Å². The Balaban J connectivity index is 2.93. The third-order valence-corrected chi connectivity index (χ3v) is 4.27. The van der Waals surface area contributed by atoms with Gasteiger partial charge in [-0.05, 0) is 37.2 Å². The average molecular weight is 248 g/mol. The maximum atomic E-state index is 10.7. The van der Waals surface area contributed by atoms with E-state index in [4.69, 9.17) is 0 Å². The summed E-state index contributed by atoms with van der Waals surface area (Å²) in [6.45, 7) is 8.81. The topological polar surface area (TPSA) is 20.2 Å². The summed E-state index contributed by atoms with van der Waals surface area (Å²) in [6.07, 6.45) is 3.74. The molecule has 0 aliphatic carbocycles. The summed E-state index contributed by atoms with van der Waals surface area (Å²) in [4.78, 5) is 0. The first-order valence-electron chi connectivity index (χ1n) is 7.30. The summed E-state index contributed by atoms with van der Waals surface area (Å²) in [5, 5.41) is 10.7. The average Bonchev–Trinajstić information content (AvgIpc) is 2.39. The Morgan fingerprint density at radius 3 is 2.00 bits per heavy atom. The van der Waals surface area contributed by atoms with Gasteiger partial charge in [0.1, 0.15) is 0 Å². The molecule has 1 atom stereocenters. The van der Waals surface area contributed by atoms with Crippen LogP contribution >= 0.6 is 0 Å². The zero-order valence-corrected chi connectivity index (χ0v) is 12.3. The van der Waals surface area contributed by atoms with Crippen LogP contribution in [0.1, 0.15) is 58.9 Å². The van der Waals surface area contributed by atoms with Crippen molar-refractivity contribution in [1.29, 1.82) is 0 Å². The first-order valence-corrected chi connectivity index (χ1v) is 7.30. The summed E-state index contributed by atoms with van der Waals surface area (Å²) in [5.41, 5.74) is 1.21. The molecule has 0 saturated carbocycles. The maximum Gasteiger partial charge on any atom is 0.0636 e. The molecule has 0 aromatic heterocycles. The van der Waals surface area contributed by atoms with Crippen LogP contribution in [0.2, 0.25) is 0 Å². The van der Waals surface area contributed by atoms with E-state index in [1.807, 2.05) is 6.07 Å². The normalized spacial score (nSPS) is 13.9. The highest BCUT2D eigenvalue weighted by Crippen LogP contribution is 2.37. The minimum Gasteiger partial charge on any atom is -0.392 e. The minimum absolute atomic E-state index is 0.0733. The van der Waals surface area contributed by atoms with Crippen molar-refractivity contribution in [3.8, 4) is 0 Å². The Kier molecular flexibility index (Phi) is 5.87. The van der Waals surface area contributed by atoms with E-state index in [0.717, 1.165) is 25.7 Å². The van der Waals surface area contributed by atoms with Crippen LogP contribution < -0.4 is 0 Å². The highest BCUT2D eigenvalue weighted by atomic mass is 16.3. The first kappa shape index (κ1) is 15.2. The van der Waals surface area contributed by atoms with Crippen LogP contribution in [0.5, 0.6) is 0 Å². The molecule has 0 aliphatic rings. The lowest BCUT2D eigenvalue weighted by Crippen LogP contribution is -2.38. The van der Waals surface area contributed by atoms with Gasteiger partial charge in [-0.2, -0.15) is 0 Å². The number of benzene rings is 1. The molecule has 0 spiro atoms. The molecule has 1 N–H and O–H groups in total. The molecule has 0 saturated heterocycles. The van der Waals surface area contributed by atoms with E-state index in [0.29, 0.717) is 5.92 Å². The van der Waals surface area contributed by atoms with Gasteiger partial charge in [0.2, 0.25) is 0 Å². The predicted molar refractivity (Wildman–Crippen MR) is 78.8 cm³/mol. The van der Waals surface area contributed by atoms with E-state index < -0.39 is 0 Å². The largest absolute Gasteiger partial charge is 0.392 e. The van der Waals surface area contributed by atoms with Crippen LogP contribution in [0.4, 0.5) is 0 Å². The molecule has 1 rings (SSSR count). The monoisotopic (exact) mass is 248 g/mol. The third kappa shape index (κ3) is 3.35. The Hall–Kier alpha value is -0.820. The van der Waals surface area contributed by atoms with Crippen molar-refractivity contribution in [3.05, 3.63) is 35.9 Å². The zero-order valence-electron chi connectivity index (χ0n) is 12.3. The van der Waals surface area contributed by atoms with Gasteiger partial charge in [-0.3, -0.25) is 0 Å². The second-order valence-corrected chi connectivity index (χ2v) is 5.72. The lowest BCUT2D eigenvalue weighted by atomic mass is 9.70. The van der Waals surface area contributed by atoms with Gasteiger partial charge in [0.25, 0.3) is 0 Å². The van der Waals surface area contributed by atoms with E-state index in [-0.39, 0.29) is 11.5 Å². The highest BCUT2D eigenvalue weighted by Gasteiger charge is 2.35. The van der Waals surface area contributed by atoms with Crippen LogP contribution in [-0.2, 0) is 5.41 Å². The smallest absolute Gasteiger partial charge is 0.0636 e. The van der Waals surface area contributed by atoms with E-state index in [9.17, 15) is 5.11 Å². The first-order chi connectivity index (χ1) is 8.56. The summed E-state index contributed by atoms with van der Waals surface area (Å²) < 4.78 is 0. The van der Waals surface area contributed by atoms with Gasteiger partial charge in [0, 0.05) is 5.41 Å². The molecule has 0 heterocycles. The van der Waals surface area contributed by atoms with Crippen LogP contribution in [0.3, 0.4) is 0 Å². The van der Waals surface area contributed by atoms with E-state index >= 15 is 0 Å². The van der Waals surface area contributed by atoms with Crippen molar-refractivity contribution in [3.63, 3.8) is 0 Å². The number of aliphatic hydroxyl groups is 1. The molecule has 1 aromatic rings. The number of hydrogen-bond donors (Lipinski definition) is 1. The van der Waals surface area contributed by atoms with Crippen molar-refractivity contribution in [1.82, 2.24) is 0 Å². The zero-order chi connectivity index (χ0) is 13.6. The molecule has 0 fully saturated rings. The molecule has 0 radical (unpaired) electrons. The third-order valence-electron chi connectivity index (χ3n) is 4.27. The van der Waals surface area contributed by atoms with Crippen molar-refractivity contribution in [2.24, 2.45) is 5.92 Å². The van der Waals surface area contributed by atoms with Gasteiger partial charge in [0.15, 0.2) is 0 Å². The quantitative estimate of drug-likeness (QED) is 0.751. The van der Waals surface area contributed by atoms with E-state index in [2.05, 4.69) is 52.0 Å². The standard InChI is InChI=1S/C17H28O/c1-5-17(6-2,15-10-8-7-9-11-15)16(18)13-12-14(3)4/h7-11,14,16,18H,5-6,12-13H2,1-4H3. The Morgan fingerprint density at radius 2 is 1.56 bits per heavy atom.